The molecule has 0 radical (unpaired) electrons. The van der Waals surface area contributed by atoms with Crippen molar-refractivity contribution in [1.82, 2.24) is 10.2 Å². The van der Waals surface area contributed by atoms with Gasteiger partial charge in [-0.1, -0.05) is 6.42 Å². The molecular weight excluding hydrogens is 252 g/mol. The van der Waals surface area contributed by atoms with Gasteiger partial charge in [-0.05, 0) is 25.0 Å². The molecular formula is C12H20N2O3S. The summed E-state index contributed by atoms with van der Waals surface area (Å²) in [5.74, 6) is 1.29. The van der Waals surface area contributed by atoms with Gasteiger partial charge in [-0.25, -0.2) is 4.79 Å². The van der Waals surface area contributed by atoms with Gasteiger partial charge in [-0.2, -0.15) is 11.8 Å². The Balaban J connectivity index is 1.82. The van der Waals surface area contributed by atoms with Gasteiger partial charge in [0.25, 0.3) is 0 Å². The second-order valence-electron chi connectivity index (χ2n) is 5.23. The quantitative estimate of drug-likeness (QED) is 0.811. The maximum absolute atomic E-state index is 12.0. The van der Waals surface area contributed by atoms with E-state index in [1.807, 2.05) is 11.8 Å². The Morgan fingerprint density at radius 2 is 2.22 bits per heavy atom. The molecule has 1 saturated carbocycles. The average molecular weight is 272 g/mol. The maximum Gasteiger partial charge on any atom is 0.317 e. The van der Waals surface area contributed by atoms with Gasteiger partial charge in [-0.15, -0.1) is 0 Å². The molecule has 0 aromatic carbocycles. The molecule has 2 N–H and O–H groups in total. The monoisotopic (exact) mass is 272 g/mol. The smallest absolute Gasteiger partial charge is 0.317 e. The zero-order chi connectivity index (χ0) is 13.2. The molecule has 2 rings (SSSR count). The van der Waals surface area contributed by atoms with E-state index in [-0.39, 0.29) is 18.6 Å². The number of nitrogens with one attached hydrogen (secondary N) is 1. The first kappa shape index (κ1) is 13.5. The molecule has 1 saturated heterocycles. The van der Waals surface area contributed by atoms with E-state index in [4.69, 9.17) is 0 Å². The van der Waals surface area contributed by atoms with Gasteiger partial charge >= 0.3 is 12.0 Å². The molecule has 1 atom stereocenters. The third-order valence-corrected chi connectivity index (χ3v) is 5.26. The number of hydrogen-bond acceptors (Lipinski definition) is 3. The lowest BCUT2D eigenvalue weighted by Crippen LogP contribution is -2.51. The minimum atomic E-state index is -0.784. The normalized spacial score (nSPS) is 25.3. The van der Waals surface area contributed by atoms with Crippen LogP contribution in [0.1, 0.15) is 25.7 Å². The van der Waals surface area contributed by atoms with Crippen molar-refractivity contribution < 1.29 is 14.7 Å². The molecule has 0 aromatic rings. The molecule has 18 heavy (non-hydrogen) atoms. The molecule has 2 fully saturated rings. The van der Waals surface area contributed by atoms with Crippen LogP contribution in [0.25, 0.3) is 0 Å². The number of carbonyl (C=O) groups is 2. The topological polar surface area (TPSA) is 69.6 Å². The summed E-state index contributed by atoms with van der Waals surface area (Å²) in [4.78, 5) is 24.8. The molecule has 1 heterocycles. The second-order valence-corrected chi connectivity index (χ2v) is 6.38. The maximum atomic E-state index is 12.0. The van der Waals surface area contributed by atoms with E-state index in [9.17, 15) is 14.7 Å². The molecule has 102 valence electrons. The van der Waals surface area contributed by atoms with Crippen molar-refractivity contribution in [3.63, 3.8) is 0 Å². The van der Waals surface area contributed by atoms with E-state index >= 15 is 0 Å². The van der Waals surface area contributed by atoms with Crippen molar-refractivity contribution >= 4 is 23.8 Å². The number of nitrogens with zero attached hydrogens (tertiary/aromatic N) is 1. The van der Waals surface area contributed by atoms with Gasteiger partial charge in [0.2, 0.25) is 0 Å². The van der Waals surface area contributed by atoms with Crippen LogP contribution >= 0.6 is 11.8 Å². The summed E-state index contributed by atoms with van der Waals surface area (Å²) in [6.45, 7) is 0.255. The van der Waals surface area contributed by atoms with Gasteiger partial charge < -0.3 is 15.3 Å². The van der Waals surface area contributed by atoms with Crippen LogP contribution in [0.5, 0.6) is 0 Å². The molecule has 1 aliphatic carbocycles. The minimum absolute atomic E-state index is 0.143. The van der Waals surface area contributed by atoms with Crippen molar-refractivity contribution in [2.75, 3.05) is 25.1 Å². The van der Waals surface area contributed by atoms with Crippen molar-refractivity contribution in [2.45, 2.75) is 31.7 Å². The third kappa shape index (κ3) is 2.58. The summed E-state index contributed by atoms with van der Waals surface area (Å²) in [6.07, 6.45) is 3.31. The van der Waals surface area contributed by atoms with Gasteiger partial charge in [0.1, 0.15) is 0 Å². The molecule has 5 nitrogen and oxygen atoms in total. The van der Waals surface area contributed by atoms with E-state index in [0.717, 1.165) is 24.3 Å². The van der Waals surface area contributed by atoms with Crippen molar-refractivity contribution in [3.8, 4) is 0 Å². The number of hydrogen-bond donors (Lipinski definition) is 2. The Bertz CT molecular complexity index is 338. The molecule has 1 aliphatic heterocycles. The van der Waals surface area contributed by atoms with E-state index in [1.54, 1.807) is 11.9 Å². The molecule has 1 unspecified atom stereocenters. The highest BCUT2D eigenvalue weighted by molar-refractivity contribution is 7.99. The summed E-state index contributed by atoms with van der Waals surface area (Å²) in [7, 11) is 1.79. The SMILES string of the molecule is CN(C(=O)NCC1(C(=O)O)CCC1)C1CCSC1. The van der Waals surface area contributed by atoms with E-state index < -0.39 is 11.4 Å². The van der Waals surface area contributed by atoms with E-state index in [0.29, 0.717) is 12.8 Å². The number of carboxylic acids is 1. The van der Waals surface area contributed by atoms with Crippen molar-refractivity contribution in [1.29, 1.82) is 0 Å². The van der Waals surface area contributed by atoms with Crippen LogP contribution in [0.15, 0.2) is 0 Å². The average Bonchev–Trinajstić information content (AvgIpc) is 2.79. The fourth-order valence-corrected chi connectivity index (χ4v) is 3.70. The number of aliphatic carboxylic acids is 1. The predicted octanol–water partition coefficient (Wildman–Crippen LogP) is 1.39. The van der Waals surface area contributed by atoms with Crippen LogP contribution in [0.2, 0.25) is 0 Å². The van der Waals surface area contributed by atoms with Gasteiger partial charge in [0, 0.05) is 25.4 Å². The van der Waals surface area contributed by atoms with Crippen LogP contribution in [0.4, 0.5) is 4.79 Å². The highest BCUT2D eigenvalue weighted by Gasteiger charge is 2.44. The molecule has 2 aliphatic rings. The first-order valence-electron chi connectivity index (χ1n) is 6.37. The molecule has 6 heteroatoms. The van der Waals surface area contributed by atoms with Crippen LogP contribution in [0, 0.1) is 5.41 Å². The summed E-state index contributed by atoms with van der Waals surface area (Å²) < 4.78 is 0. The lowest BCUT2D eigenvalue weighted by Gasteiger charge is -2.38. The zero-order valence-electron chi connectivity index (χ0n) is 10.6. The highest BCUT2D eigenvalue weighted by atomic mass is 32.2. The first-order valence-corrected chi connectivity index (χ1v) is 7.52. The third-order valence-electron chi connectivity index (χ3n) is 4.12. The highest BCUT2D eigenvalue weighted by Crippen LogP contribution is 2.40. The minimum Gasteiger partial charge on any atom is -0.481 e. The standard InChI is InChI=1S/C12H20N2O3S/c1-14(9-3-6-18-7-9)11(17)13-8-12(10(15)16)4-2-5-12/h9H,2-8H2,1H3,(H,13,17)(H,15,16). The van der Waals surface area contributed by atoms with Crippen molar-refractivity contribution in [2.24, 2.45) is 5.41 Å². The largest absolute Gasteiger partial charge is 0.481 e. The summed E-state index contributed by atoms with van der Waals surface area (Å²) in [6, 6.07) is 0.146. The Morgan fingerprint density at radius 1 is 1.50 bits per heavy atom. The zero-order valence-corrected chi connectivity index (χ0v) is 11.5. The van der Waals surface area contributed by atoms with Gasteiger partial charge in [0.05, 0.1) is 5.41 Å². The number of rotatable bonds is 4. The molecule has 0 bridgehead atoms. The summed E-state index contributed by atoms with van der Waals surface area (Å²) in [5, 5.41) is 12.0. The second kappa shape index (κ2) is 5.38. The van der Waals surface area contributed by atoms with Crippen LogP contribution in [-0.4, -0.2) is 53.1 Å². The van der Waals surface area contributed by atoms with E-state index in [2.05, 4.69) is 5.32 Å². The fourth-order valence-electron chi connectivity index (χ4n) is 2.43. The number of carbonyl (C=O) groups excluding carboxylic acids is 1. The molecule has 0 aromatic heterocycles. The number of urea groups is 1. The number of carboxylic acid groups (broad SMARTS) is 1. The van der Waals surface area contributed by atoms with Crippen molar-refractivity contribution in [3.05, 3.63) is 0 Å². The predicted molar refractivity (Wildman–Crippen MR) is 70.8 cm³/mol. The molecule has 0 spiro atoms. The number of thioether (sulfide) groups is 1. The summed E-state index contributed by atoms with van der Waals surface area (Å²) in [5.41, 5.74) is -0.707. The summed E-state index contributed by atoms with van der Waals surface area (Å²) >= 11 is 1.86. The Morgan fingerprint density at radius 3 is 2.67 bits per heavy atom. The first-order chi connectivity index (χ1) is 8.55. The van der Waals surface area contributed by atoms with Crippen LogP contribution < -0.4 is 5.32 Å². The molecule has 2 amide bonds. The number of amides is 2. The van der Waals surface area contributed by atoms with Crippen LogP contribution in [-0.2, 0) is 4.79 Å². The Hall–Kier alpha value is -0.910. The lowest BCUT2D eigenvalue weighted by atomic mass is 9.69. The Kier molecular flexibility index (Phi) is 4.04. The van der Waals surface area contributed by atoms with Crippen LogP contribution in [0.3, 0.4) is 0 Å². The van der Waals surface area contributed by atoms with E-state index in [1.165, 1.54) is 0 Å². The lowest BCUT2D eigenvalue weighted by molar-refractivity contribution is -0.153. The Labute approximate surface area is 111 Å². The van der Waals surface area contributed by atoms with Gasteiger partial charge in [0.15, 0.2) is 0 Å². The van der Waals surface area contributed by atoms with Gasteiger partial charge in [-0.3, -0.25) is 4.79 Å². The fraction of sp³-hybridized carbons (Fsp3) is 0.833.